The first-order valence-corrected chi connectivity index (χ1v) is 8.44. The average Bonchev–Trinajstić information content (AvgIpc) is 2.40. The standard InChI is InChI=1S/C13H19F2N3O2S/c1-16-13(17-6-3-7-21(2,19)20)18-9-10-8-11(14)4-5-12(10)15/h4-5,8H,3,6-7,9H2,1-2H3,(H2,16,17,18). The summed E-state index contributed by atoms with van der Waals surface area (Å²) in [5.74, 6) is -0.539. The fourth-order valence-electron chi connectivity index (χ4n) is 1.62. The SMILES string of the molecule is CN=C(NCCCS(C)(=O)=O)NCc1cc(F)ccc1F. The van der Waals surface area contributed by atoms with Gasteiger partial charge in [0.15, 0.2) is 5.96 Å². The third-order valence-electron chi connectivity index (χ3n) is 2.66. The third kappa shape index (κ3) is 7.03. The molecule has 0 radical (unpaired) electrons. The maximum atomic E-state index is 13.4. The highest BCUT2D eigenvalue weighted by molar-refractivity contribution is 7.90. The highest BCUT2D eigenvalue weighted by atomic mass is 32.2. The fourth-order valence-corrected chi connectivity index (χ4v) is 2.29. The Bertz CT molecular complexity index is 603. The molecule has 5 nitrogen and oxygen atoms in total. The van der Waals surface area contributed by atoms with Crippen LogP contribution in [-0.2, 0) is 16.4 Å². The number of aliphatic imine (C=N–C) groups is 1. The monoisotopic (exact) mass is 319 g/mol. The number of guanidine groups is 1. The number of benzene rings is 1. The summed E-state index contributed by atoms with van der Waals surface area (Å²) in [6.45, 7) is 0.494. The zero-order valence-corrected chi connectivity index (χ0v) is 12.8. The van der Waals surface area contributed by atoms with E-state index in [1.807, 2.05) is 0 Å². The van der Waals surface area contributed by atoms with Crippen LogP contribution in [0.15, 0.2) is 23.2 Å². The molecule has 0 unspecified atom stereocenters. The summed E-state index contributed by atoms with van der Waals surface area (Å²) >= 11 is 0. The van der Waals surface area contributed by atoms with Crippen LogP contribution in [0.4, 0.5) is 8.78 Å². The Balaban J connectivity index is 2.43. The van der Waals surface area contributed by atoms with Crippen LogP contribution in [0, 0.1) is 11.6 Å². The van der Waals surface area contributed by atoms with Crippen LogP contribution in [0.2, 0.25) is 0 Å². The van der Waals surface area contributed by atoms with E-state index in [-0.39, 0.29) is 17.9 Å². The Labute approximate surface area is 123 Å². The van der Waals surface area contributed by atoms with E-state index >= 15 is 0 Å². The molecule has 0 saturated carbocycles. The molecule has 0 aliphatic rings. The van der Waals surface area contributed by atoms with E-state index in [4.69, 9.17) is 0 Å². The first-order chi connectivity index (χ1) is 9.81. The number of rotatable bonds is 6. The molecule has 2 N–H and O–H groups in total. The largest absolute Gasteiger partial charge is 0.356 e. The molecule has 0 saturated heterocycles. The van der Waals surface area contributed by atoms with Crippen molar-refractivity contribution in [2.45, 2.75) is 13.0 Å². The molecule has 0 aliphatic carbocycles. The smallest absolute Gasteiger partial charge is 0.191 e. The van der Waals surface area contributed by atoms with Crippen LogP contribution in [-0.4, -0.2) is 40.0 Å². The minimum atomic E-state index is -2.99. The van der Waals surface area contributed by atoms with Gasteiger partial charge in [-0.2, -0.15) is 0 Å². The summed E-state index contributed by atoms with van der Waals surface area (Å²) in [4.78, 5) is 3.92. The van der Waals surface area contributed by atoms with Crippen molar-refractivity contribution in [3.63, 3.8) is 0 Å². The van der Waals surface area contributed by atoms with E-state index in [0.29, 0.717) is 18.9 Å². The van der Waals surface area contributed by atoms with E-state index in [0.717, 1.165) is 18.2 Å². The lowest BCUT2D eigenvalue weighted by molar-refractivity contribution is 0.581. The topological polar surface area (TPSA) is 70.6 Å². The van der Waals surface area contributed by atoms with Crippen molar-refractivity contribution >= 4 is 15.8 Å². The summed E-state index contributed by atoms with van der Waals surface area (Å²) in [6.07, 6.45) is 1.61. The average molecular weight is 319 g/mol. The van der Waals surface area contributed by atoms with Gasteiger partial charge in [0.1, 0.15) is 21.5 Å². The van der Waals surface area contributed by atoms with E-state index < -0.39 is 21.5 Å². The fraction of sp³-hybridized carbons (Fsp3) is 0.462. The molecule has 0 aromatic heterocycles. The number of hydrogen-bond acceptors (Lipinski definition) is 3. The molecule has 0 fully saturated rings. The Morgan fingerprint density at radius 1 is 1.29 bits per heavy atom. The first kappa shape index (κ1) is 17.4. The molecule has 118 valence electrons. The zero-order valence-electron chi connectivity index (χ0n) is 12.0. The molecular formula is C13H19F2N3O2S. The van der Waals surface area contributed by atoms with Crippen molar-refractivity contribution in [1.29, 1.82) is 0 Å². The van der Waals surface area contributed by atoms with Crippen LogP contribution in [0.3, 0.4) is 0 Å². The highest BCUT2D eigenvalue weighted by Crippen LogP contribution is 2.08. The number of sulfone groups is 1. The van der Waals surface area contributed by atoms with Gasteiger partial charge in [0, 0.05) is 32.0 Å². The minimum Gasteiger partial charge on any atom is -0.356 e. The molecule has 0 atom stereocenters. The van der Waals surface area contributed by atoms with Crippen molar-refractivity contribution < 1.29 is 17.2 Å². The van der Waals surface area contributed by atoms with Crippen molar-refractivity contribution in [2.24, 2.45) is 4.99 Å². The van der Waals surface area contributed by atoms with Gasteiger partial charge in [-0.1, -0.05) is 0 Å². The number of nitrogens with zero attached hydrogens (tertiary/aromatic N) is 1. The number of nitrogens with one attached hydrogen (secondary N) is 2. The van der Waals surface area contributed by atoms with Crippen molar-refractivity contribution in [3.05, 3.63) is 35.4 Å². The molecule has 21 heavy (non-hydrogen) atoms. The maximum Gasteiger partial charge on any atom is 0.191 e. The lowest BCUT2D eigenvalue weighted by Gasteiger charge is -2.12. The van der Waals surface area contributed by atoms with Gasteiger partial charge in [0.05, 0.1) is 5.75 Å². The zero-order chi connectivity index (χ0) is 15.9. The predicted octanol–water partition coefficient (Wildman–Crippen LogP) is 1.06. The van der Waals surface area contributed by atoms with Gasteiger partial charge in [-0.05, 0) is 24.6 Å². The Kier molecular flexibility index (Phi) is 6.54. The van der Waals surface area contributed by atoms with E-state index in [2.05, 4.69) is 15.6 Å². The van der Waals surface area contributed by atoms with Crippen molar-refractivity contribution in [2.75, 3.05) is 25.6 Å². The molecule has 1 aromatic rings. The Hall–Kier alpha value is -1.70. The van der Waals surface area contributed by atoms with E-state index in [9.17, 15) is 17.2 Å². The second-order valence-corrected chi connectivity index (χ2v) is 6.83. The molecule has 8 heteroatoms. The lowest BCUT2D eigenvalue weighted by atomic mass is 10.2. The van der Waals surface area contributed by atoms with Gasteiger partial charge < -0.3 is 10.6 Å². The van der Waals surface area contributed by atoms with E-state index in [1.54, 1.807) is 0 Å². The molecule has 0 spiro atoms. The second kappa shape index (κ2) is 7.92. The van der Waals surface area contributed by atoms with Crippen LogP contribution in [0.5, 0.6) is 0 Å². The Morgan fingerprint density at radius 3 is 2.62 bits per heavy atom. The lowest BCUT2D eigenvalue weighted by Crippen LogP contribution is -2.37. The summed E-state index contributed by atoms with van der Waals surface area (Å²) in [6, 6.07) is 3.23. The minimum absolute atomic E-state index is 0.0787. The van der Waals surface area contributed by atoms with Gasteiger partial charge in [0.25, 0.3) is 0 Å². The Morgan fingerprint density at radius 2 is 2.00 bits per heavy atom. The molecule has 0 bridgehead atoms. The van der Waals surface area contributed by atoms with Gasteiger partial charge >= 0.3 is 0 Å². The molecular weight excluding hydrogens is 300 g/mol. The maximum absolute atomic E-state index is 13.4. The van der Waals surface area contributed by atoms with Gasteiger partial charge in [-0.3, -0.25) is 4.99 Å². The normalized spacial score (nSPS) is 12.3. The van der Waals surface area contributed by atoms with Gasteiger partial charge in [-0.15, -0.1) is 0 Å². The van der Waals surface area contributed by atoms with Crippen LogP contribution < -0.4 is 10.6 Å². The molecule has 0 amide bonds. The number of halogens is 2. The van der Waals surface area contributed by atoms with Crippen molar-refractivity contribution in [3.8, 4) is 0 Å². The molecule has 1 aromatic carbocycles. The summed E-state index contributed by atoms with van der Waals surface area (Å²) in [7, 11) is -1.45. The molecule has 1 rings (SSSR count). The predicted molar refractivity (Wildman–Crippen MR) is 78.9 cm³/mol. The van der Waals surface area contributed by atoms with Crippen LogP contribution in [0.25, 0.3) is 0 Å². The first-order valence-electron chi connectivity index (χ1n) is 6.38. The quantitative estimate of drug-likeness (QED) is 0.467. The van der Waals surface area contributed by atoms with Crippen LogP contribution >= 0.6 is 0 Å². The van der Waals surface area contributed by atoms with E-state index in [1.165, 1.54) is 13.3 Å². The summed E-state index contributed by atoms with van der Waals surface area (Å²) < 4.78 is 48.4. The highest BCUT2D eigenvalue weighted by Gasteiger charge is 2.06. The van der Waals surface area contributed by atoms with Gasteiger partial charge in [-0.25, -0.2) is 17.2 Å². The van der Waals surface area contributed by atoms with Crippen molar-refractivity contribution in [1.82, 2.24) is 10.6 Å². The molecule has 0 aliphatic heterocycles. The third-order valence-corrected chi connectivity index (χ3v) is 3.69. The summed E-state index contributed by atoms with van der Waals surface area (Å²) in [5, 5.41) is 5.74. The molecule has 0 heterocycles. The second-order valence-electron chi connectivity index (χ2n) is 4.57. The van der Waals surface area contributed by atoms with Crippen LogP contribution in [0.1, 0.15) is 12.0 Å². The summed E-state index contributed by atoms with van der Waals surface area (Å²) in [5.41, 5.74) is 0.189. The number of hydrogen-bond donors (Lipinski definition) is 2. The van der Waals surface area contributed by atoms with Gasteiger partial charge in [0.2, 0.25) is 0 Å².